The standard InChI is InChI=1S/C15H23N3O7S2/c1-11-9-17(10-12(2)25-11)27(23,24)7-6-16-13-4-5-15(26(3,21)22)14(8-13)18(19)20/h4-5,8,11-12,16H,6-7,9-10H2,1-3H3/t11-,12-/m1/s1. The number of nitrogens with one attached hydrogen (secondary N) is 1. The minimum absolute atomic E-state index is 0.0256. The number of morpholine rings is 1. The van der Waals surface area contributed by atoms with E-state index in [1.165, 1.54) is 10.4 Å². The van der Waals surface area contributed by atoms with Crippen molar-refractivity contribution in [2.45, 2.75) is 31.0 Å². The number of sulfone groups is 1. The van der Waals surface area contributed by atoms with E-state index in [2.05, 4.69) is 5.32 Å². The van der Waals surface area contributed by atoms with Gasteiger partial charge in [-0.2, -0.15) is 4.31 Å². The summed E-state index contributed by atoms with van der Waals surface area (Å²) in [5.41, 5.74) is -0.283. The number of nitro groups is 1. The molecule has 1 fully saturated rings. The largest absolute Gasteiger partial charge is 0.384 e. The zero-order valence-electron chi connectivity index (χ0n) is 15.3. The van der Waals surface area contributed by atoms with Gasteiger partial charge in [0.05, 0.1) is 22.9 Å². The van der Waals surface area contributed by atoms with Gasteiger partial charge in [-0.3, -0.25) is 10.1 Å². The molecule has 1 aliphatic heterocycles. The summed E-state index contributed by atoms with van der Waals surface area (Å²) in [7, 11) is -7.26. The van der Waals surface area contributed by atoms with Crippen molar-refractivity contribution in [3.63, 3.8) is 0 Å². The first-order chi connectivity index (χ1) is 12.4. The first-order valence-corrected chi connectivity index (χ1v) is 11.8. The zero-order valence-corrected chi connectivity index (χ0v) is 16.9. The molecule has 0 saturated carbocycles. The van der Waals surface area contributed by atoms with Crippen LogP contribution in [0.5, 0.6) is 0 Å². The molecule has 0 amide bonds. The van der Waals surface area contributed by atoms with Gasteiger partial charge in [-0.15, -0.1) is 0 Å². The Morgan fingerprint density at radius 2 is 1.81 bits per heavy atom. The Balaban J connectivity index is 2.06. The Morgan fingerprint density at radius 1 is 1.22 bits per heavy atom. The summed E-state index contributed by atoms with van der Waals surface area (Å²) in [6.45, 7) is 4.19. The van der Waals surface area contributed by atoms with Gasteiger partial charge in [0.25, 0.3) is 5.69 Å². The minimum Gasteiger partial charge on any atom is -0.384 e. The normalized spacial score (nSPS) is 21.7. The third-order valence-electron chi connectivity index (χ3n) is 4.02. The van der Waals surface area contributed by atoms with E-state index >= 15 is 0 Å². The summed E-state index contributed by atoms with van der Waals surface area (Å²) >= 11 is 0. The maximum atomic E-state index is 12.5. The molecule has 1 N–H and O–H groups in total. The van der Waals surface area contributed by atoms with Crippen molar-refractivity contribution in [1.82, 2.24) is 4.31 Å². The lowest BCUT2D eigenvalue weighted by Crippen LogP contribution is -2.49. The molecule has 0 radical (unpaired) electrons. The van der Waals surface area contributed by atoms with Crippen molar-refractivity contribution < 1.29 is 26.5 Å². The van der Waals surface area contributed by atoms with Gasteiger partial charge in [0.15, 0.2) is 9.84 Å². The predicted octanol–water partition coefficient (Wildman–Crippen LogP) is 0.849. The van der Waals surface area contributed by atoms with Crippen LogP contribution in [0.3, 0.4) is 0 Å². The maximum Gasteiger partial charge on any atom is 0.290 e. The van der Waals surface area contributed by atoms with Crippen LogP contribution < -0.4 is 5.32 Å². The number of rotatable bonds is 7. The molecule has 2 rings (SSSR count). The highest BCUT2D eigenvalue weighted by atomic mass is 32.2. The van der Waals surface area contributed by atoms with Crippen molar-refractivity contribution in [1.29, 1.82) is 0 Å². The lowest BCUT2D eigenvalue weighted by molar-refractivity contribution is -0.387. The highest BCUT2D eigenvalue weighted by molar-refractivity contribution is 7.90. The number of sulfonamides is 1. The van der Waals surface area contributed by atoms with E-state index in [9.17, 15) is 26.9 Å². The van der Waals surface area contributed by atoms with Gasteiger partial charge < -0.3 is 10.1 Å². The van der Waals surface area contributed by atoms with Crippen LogP contribution in [0.4, 0.5) is 11.4 Å². The van der Waals surface area contributed by atoms with Crippen molar-refractivity contribution >= 4 is 31.2 Å². The fourth-order valence-electron chi connectivity index (χ4n) is 2.89. The Labute approximate surface area is 158 Å². The van der Waals surface area contributed by atoms with Crippen molar-refractivity contribution in [3.05, 3.63) is 28.3 Å². The Kier molecular flexibility index (Phi) is 6.45. The van der Waals surface area contributed by atoms with Crippen LogP contribution in [0.2, 0.25) is 0 Å². The van der Waals surface area contributed by atoms with Crippen LogP contribution in [-0.4, -0.2) is 69.9 Å². The van der Waals surface area contributed by atoms with Crippen LogP contribution in [0.15, 0.2) is 23.1 Å². The number of anilines is 1. The van der Waals surface area contributed by atoms with E-state index in [-0.39, 0.29) is 48.2 Å². The van der Waals surface area contributed by atoms with Crippen LogP contribution in [-0.2, 0) is 24.6 Å². The maximum absolute atomic E-state index is 12.5. The molecule has 1 saturated heterocycles. The molecule has 1 aliphatic rings. The molecule has 2 atom stereocenters. The molecular formula is C15H23N3O7S2. The molecule has 0 aromatic heterocycles. The second-order valence-corrected chi connectivity index (χ2v) is 10.6. The molecule has 27 heavy (non-hydrogen) atoms. The fraction of sp³-hybridized carbons (Fsp3) is 0.600. The molecule has 0 unspecified atom stereocenters. The highest BCUT2D eigenvalue weighted by Crippen LogP contribution is 2.27. The number of ether oxygens (including phenoxy) is 1. The van der Waals surface area contributed by atoms with Gasteiger partial charge in [0, 0.05) is 37.6 Å². The fourth-order valence-corrected chi connectivity index (χ4v) is 5.22. The molecule has 10 nitrogen and oxygen atoms in total. The molecule has 12 heteroatoms. The summed E-state index contributed by atoms with van der Waals surface area (Å²) in [5.74, 6) is -0.200. The molecule has 0 bridgehead atoms. The molecule has 152 valence electrons. The van der Waals surface area contributed by atoms with Crippen LogP contribution in [0, 0.1) is 10.1 Å². The number of nitrogens with zero attached hydrogens (tertiary/aromatic N) is 2. The monoisotopic (exact) mass is 421 g/mol. The zero-order chi connectivity index (χ0) is 20.4. The van der Waals surface area contributed by atoms with Crippen molar-refractivity contribution in [2.75, 3.05) is 37.0 Å². The third kappa shape index (κ3) is 5.61. The average Bonchev–Trinajstić information content (AvgIpc) is 2.52. The summed E-state index contributed by atoms with van der Waals surface area (Å²) in [5, 5.41) is 13.9. The van der Waals surface area contributed by atoms with Gasteiger partial charge in [0.1, 0.15) is 4.90 Å². The molecule has 1 aromatic carbocycles. The van der Waals surface area contributed by atoms with Crippen LogP contribution >= 0.6 is 0 Å². The van der Waals surface area contributed by atoms with Gasteiger partial charge in [-0.25, -0.2) is 16.8 Å². The number of hydrogen-bond donors (Lipinski definition) is 1. The topological polar surface area (TPSA) is 136 Å². The van der Waals surface area contributed by atoms with Gasteiger partial charge in [0.2, 0.25) is 10.0 Å². The molecule has 0 aliphatic carbocycles. The Morgan fingerprint density at radius 3 is 2.33 bits per heavy atom. The third-order valence-corrected chi connectivity index (χ3v) is 6.97. The smallest absolute Gasteiger partial charge is 0.290 e. The Hall–Kier alpha value is -1.76. The SMILES string of the molecule is C[C@@H]1CN(S(=O)(=O)CCNc2ccc(S(C)(=O)=O)c([N+](=O)[O-])c2)C[C@@H](C)O1. The first kappa shape index (κ1) is 21.5. The summed E-state index contributed by atoms with van der Waals surface area (Å²) in [4.78, 5) is 9.95. The van der Waals surface area contributed by atoms with Crippen LogP contribution in [0.1, 0.15) is 13.8 Å². The quantitative estimate of drug-likeness (QED) is 0.505. The summed E-state index contributed by atoms with van der Waals surface area (Å²) in [6.07, 6.45) is 0.504. The van der Waals surface area contributed by atoms with Crippen molar-refractivity contribution in [3.8, 4) is 0 Å². The second-order valence-electron chi connectivity index (χ2n) is 6.53. The lowest BCUT2D eigenvalue weighted by Gasteiger charge is -2.34. The molecule has 1 heterocycles. The minimum atomic E-state index is -3.75. The van der Waals surface area contributed by atoms with Gasteiger partial charge >= 0.3 is 0 Å². The average molecular weight is 421 g/mol. The van der Waals surface area contributed by atoms with E-state index in [0.717, 1.165) is 18.4 Å². The summed E-state index contributed by atoms with van der Waals surface area (Å²) in [6, 6.07) is 3.59. The highest BCUT2D eigenvalue weighted by Gasteiger charge is 2.30. The number of benzene rings is 1. The number of hydrogen-bond acceptors (Lipinski definition) is 8. The van der Waals surface area contributed by atoms with E-state index in [0.29, 0.717) is 0 Å². The first-order valence-electron chi connectivity index (χ1n) is 8.26. The van der Waals surface area contributed by atoms with Gasteiger partial charge in [-0.05, 0) is 26.0 Å². The van der Waals surface area contributed by atoms with Crippen LogP contribution in [0.25, 0.3) is 0 Å². The van der Waals surface area contributed by atoms with Gasteiger partial charge in [-0.1, -0.05) is 0 Å². The van der Waals surface area contributed by atoms with E-state index < -0.39 is 30.5 Å². The summed E-state index contributed by atoms with van der Waals surface area (Å²) < 4.78 is 55.1. The molecule has 0 spiro atoms. The molecular weight excluding hydrogens is 398 g/mol. The molecule has 1 aromatic rings. The Bertz CT molecular complexity index is 905. The van der Waals surface area contributed by atoms with E-state index in [1.54, 1.807) is 13.8 Å². The number of nitro benzene ring substituents is 1. The van der Waals surface area contributed by atoms with E-state index in [1.807, 2.05) is 0 Å². The second kappa shape index (κ2) is 8.09. The lowest BCUT2D eigenvalue weighted by atomic mass is 10.3. The van der Waals surface area contributed by atoms with E-state index in [4.69, 9.17) is 4.74 Å². The predicted molar refractivity (Wildman–Crippen MR) is 100 cm³/mol. The van der Waals surface area contributed by atoms with Crippen molar-refractivity contribution in [2.24, 2.45) is 0 Å².